The van der Waals surface area contributed by atoms with Crippen LogP contribution in [0.5, 0.6) is 0 Å². The largest absolute Gasteiger partial charge is 0.348 e. The zero-order chi connectivity index (χ0) is 16.2. The van der Waals surface area contributed by atoms with Crippen LogP contribution in [0, 0.1) is 0 Å². The summed E-state index contributed by atoms with van der Waals surface area (Å²) in [7, 11) is 0. The highest BCUT2D eigenvalue weighted by Gasteiger charge is 2.32. The monoisotopic (exact) mass is 308 g/mol. The number of nitrogens with one attached hydrogen (secondary N) is 2. The van der Waals surface area contributed by atoms with Crippen LogP contribution in [0.15, 0.2) is 54.6 Å². The first-order chi connectivity index (χ1) is 11.1. The van der Waals surface area contributed by atoms with Crippen molar-refractivity contribution in [3.8, 4) is 11.1 Å². The summed E-state index contributed by atoms with van der Waals surface area (Å²) in [6.07, 6.45) is 2.18. The molecule has 2 atom stereocenters. The Morgan fingerprint density at radius 3 is 2.30 bits per heavy atom. The summed E-state index contributed by atoms with van der Waals surface area (Å²) >= 11 is 0. The van der Waals surface area contributed by atoms with E-state index in [4.69, 9.17) is 0 Å². The Morgan fingerprint density at radius 2 is 1.65 bits per heavy atom. The van der Waals surface area contributed by atoms with Gasteiger partial charge in [-0.05, 0) is 36.1 Å². The molecule has 1 fully saturated rings. The van der Waals surface area contributed by atoms with Gasteiger partial charge in [0.25, 0.3) is 5.91 Å². The molecule has 1 amide bonds. The molecule has 3 heteroatoms. The Bertz CT molecular complexity index is 666. The van der Waals surface area contributed by atoms with Crippen LogP contribution in [0.25, 0.3) is 11.1 Å². The van der Waals surface area contributed by atoms with Gasteiger partial charge in [-0.15, -0.1) is 0 Å². The first-order valence-electron chi connectivity index (χ1n) is 8.36. The van der Waals surface area contributed by atoms with E-state index < -0.39 is 0 Å². The van der Waals surface area contributed by atoms with E-state index in [1.807, 2.05) is 42.5 Å². The molecule has 2 aromatic carbocycles. The van der Waals surface area contributed by atoms with Crippen LogP contribution in [-0.2, 0) is 0 Å². The Labute approximate surface area is 138 Å². The highest BCUT2D eigenvalue weighted by atomic mass is 16.1. The summed E-state index contributed by atoms with van der Waals surface area (Å²) in [5.41, 5.74) is 2.93. The molecule has 0 heterocycles. The summed E-state index contributed by atoms with van der Waals surface area (Å²) in [5, 5.41) is 6.67. The maximum absolute atomic E-state index is 12.5. The van der Waals surface area contributed by atoms with E-state index in [9.17, 15) is 4.79 Å². The highest BCUT2D eigenvalue weighted by molar-refractivity contribution is 5.95. The van der Waals surface area contributed by atoms with Gasteiger partial charge in [-0.1, -0.05) is 56.3 Å². The van der Waals surface area contributed by atoms with Gasteiger partial charge in [0.15, 0.2) is 0 Å². The minimum atomic E-state index is 0.0167. The fraction of sp³-hybridized carbons (Fsp3) is 0.350. The molecule has 2 N–H and O–H groups in total. The Morgan fingerprint density at radius 1 is 0.957 bits per heavy atom. The van der Waals surface area contributed by atoms with Gasteiger partial charge in [-0.2, -0.15) is 0 Å². The number of carbonyl (C=O) groups excluding carboxylic acids is 1. The molecular formula is C20H24N2O. The average Bonchev–Trinajstić information content (AvgIpc) is 2.57. The topological polar surface area (TPSA) is 41.1 Å². The van der Waals surface area contributed by atoms with Crippen molar-refractivity contribution in [3.63, 3.8) is 0 Å². The molecule has 0 aliphatic heterocycles. The van der Waals surface area contributed by atoms with Gasteiger partial charge in [-0.25, -0.2) is 0 Å². The molecule has 0 saturated heterocycles. The molecule has 1 aliphatic carbocycles. The lowest BCUT2D eigenvalue weighted by Crippen LogP contribution is -2.58. The average molecular weight is 308 g/mol. The molecule has 3 nitrogen and oxygen atoms in total. The Hall–Kier alpha value is -2.13. The zero-order valence-electron chi connectivity index (χ0n) is 13.8. The lowest BCUT2D eigenvalue weighted by atomic mass is 9.85. The number of benzene rings is 2. The van der Waals surface area contributed by atoms with E-state index in [2.05, 4.69) is 36.6 Å². The second kappa shape index (κ2) is 6.97. The van der Waals surface area contributed by atoms with E-state index in [0.717, 1.165) is 29.5 Å². The van der Waals surface area contributed by atoms with Crippen LogP contribution < -0.4 is 10.6 Å². The fourth-order valence-corrected chi connectivity index (χ4v) is 3.02. The fourth-order valence-electron chi connectivity index (χ4n) is 3.02. The molecule has 3 rings (SSSR count). The minimum Gasteiger partial charge on any atom is -0.348 e. The van der Waals surface area contributed by atoms with Crippen molar-refractivity contribution in [2.45, 2.75) is 44.8 Å². The molecule has 23 heavy (non-hydrogen) atoms. The van der Waals surface area contributed by atoms with Crippen molar-refractivity contribution in [2.75, 3.05) is 0 Å². The van der Waals surface area contributed by atoms with Crippen LogP contribution >= 0.6 is 0 Å². The number of hydrogen-bond donors (Lipinski definition) is 2. The van der Waals surface area contributed by atoms with Crippen LogP contribution in [0.2, 0.25) is 0 Å². The zero-order valence-corrected chi connectivity index (χ0v) is 13.8. The van der Waals surface area contributed by atoms with E-state index >= 15 is 0 Å². The molecule has 0 aromatic heterocycles. The maximum atomic E-state index is 12.5. The molecule has 1 aliphatic rings. The van der Waals surface area contributed by atoms with Gasteiger partial charge < -0.3 is 10.6 Å². The number of carbonyl (C=O) groups is 1. The van der Waals surface area contributed by atoms with E-state index in [1.165, 1.54) is 0 Å². The van der Waals surface area contributed by atoms with Gasteiger partial charge >= 0.3 is 0 Å². The van der Waals surface area contributed by atoms with Crippen LogP contribution in [0.3, 0.4) is 0 Å². The highest BCUT2D eigenvalue weighted by Crippen LogP contribution is 2.23. The van der Waals surface area contributed by atoms with Crippen molar-refractivity contribution < 1.29 is 4.79 Å². The van der Waals surface area contributed by atoms with Gasteiger partial charge in [0.2, 0.25) is 0 Å². The lowest BCUT2D eigenvalue weighted by molar-refractivity contribution is 0.0891. The number of rotatable bonds is 5. The molecule has 0 bridgehead atoms. The predicted octanol–water partition coefficient (Wildman–Crippen LogP) is 3.61. The van der Waals surface area contributed by atoms with Crippen molar-refractivity contribution in [1.29, 1.82) is 0 Å². The molecule has 0 unspecified atom stereocenters. The van der Waals surface area contributed by atoms with Crippen molar-refractivity contribution in [2.24, 2.45) is 0 Å². The summed E-state index contributed by atoms with van der Waals surface area (Å²) in [6, 6.07) is 19.1. The predicted molar refractivity (Wildman–Crippen MR) is 94.4 cm³/mol. The van der Waals surface area contributed by atoms with Gasteiger partial charge in [0.1, 0.15) is 0 Å². The number of amides is 1. The third-order valence-electron chi connectivity index (χ3n) is 4.37. The van der Waals surface area contributed by atoms with Crippen LogP contribution in [0.4, 0.5) is 0 Å². The Balaban J connectivity index is 1.69. The lowest BCUT2D eigenvalue weighted by Gasteiger charge is -2.39. The quantitative estimate of drug-likeness (QED) is 0.886. The smallest absolute Gasteiger partial charge is 0.251 e. The second-order valence-corrected chi connectivity index (χ2v) is 6.53. The van der Waals surface area contributed by atoms with Crippen molar-refractivity contribution >= 4 is 5.91 Å². The van der Waals surface area contributed by atoms with E-state index in [0.29, 0.717) is 12.1 Å². The summed E-state index contributed by atoms with van der Waals surface area (Å²) in [6.45, 7) is 4.28. The molecule has 0 spiro atoms. The molecule has 0 radical (unpaired) electrons. The van der Waals surface area contributed by atoms with E-state index in [1.54, 1.807) is 0 Å². The van der Waals surface area contributed by atoms with Crippen molar-refractivity contribution in [1.82, 2.24) is 10.6 Å². The van der Waals surface area contributed by atoms with Crippen LogP contribution in [0.1, 0.15) is 37.0 Å². The third-order valence-corrected chi connectivity index (χ3v) is 4.37. The first-order valence-corrected chi connectivity index (χ1v) is 8.36. The normalized spacial score (nSPS) is 20.1. The molecule has 2 aromatic rings. The standard InChI is InChI=1S/C20H24N2O/c1-14(2)21-18-11-12-19(18)22-20(23)17-10-6-9-16(13-17)15-7-4-3-5-8-15/h3-10,13-14,18-19,21H,11-12H2,1-2H3,(H,22,23)/t18-,19+/m1/s1. The Kier molecular flexibility index (Phi) is 4.77. The summed E-state index contributed by atoms with van der Waals surface area (Å²) in [5.74, 6) is 0.0167. The summed E-state index contributed by atoms with van der Waals surface area (Å²) < 4.78 is 0. The van der Waals surface area contributed by atoms with Crippen LogP contribution in [-0.4, -0.2) is 24.0 Å². The molecule has 1 saturated carbocycles. The van der Waals surface area contributed by atoms with E-state index in [-0.39, 0.29) is 11.9 Å². The summed E-state index contributed by atoms with van der Waals surface area (Å²) in [4.78, 5) is 12.5. The minimum absolute atomic E-state index is 0.0167. The molecule has 120 valence electrons. The number of hydrogen-bond acceptors (Lipinski definition) is 2. The molecular weight excluding hydrogens is 284 g/mol. The van der Waals surface area contributed by atoms with Gasteiger partial charge in [0, 0.05) is 23.7 Å². The third kappa shape index (κ3) is 3.80. The second-order valence-electron chi connectivity index (χ2n) is 6.53. The van der Waals surface area contributed by atoms with Gasteiger partial charge in [-0.3, -0.25) is 4.79 Å². The van der Waals surface area contributed by atoms with Crippen molar-refractivity contribution in [3.05, 3.63) is 60.2 Å². The SMILES string of the molecule is CC(C)N[C@@H]1CC[C@@H]1NC(=O)c1cccc(-c2ccccc2)c1. The van der Waals surface area contributed by atoms with Gasteiger partial charge in [0.05, 0.1) is 0 Å². The maximum Gasteiger partial charge on any atom is 0.251 e. The first kappa shape index (κ1) is 15.8.